The predicted molar refractivity (Wildman–Crippen MR) is 73.1 cm³/mol. The second-order valence-electron chi connectivity index (χ2n) is 4.09. The molecule has 0 atom stereocenters. The molecule has 0 radical (unpaired) electrons. The van der Waals surface area contributed by atoms with Gasteiger partial charge in [0.1, 0.15) is 0 Å². The van der Waals surface area contributed by atoms with E-state index in [1.165, 1.54) is 18.9 Å². The molecule has 17 heavy (non-hydrogen) atoms. The van der Waals surface area contributed by atoms with Gasteiger partial charge in [0.25, 0.3) is 0 Å². The molecule has 4 heteroatoms. The van der Waals surface area contributed by atoms with Crippen LogP contribution in [0.3, 0.4) is 0 Å². The van der Waals surface area contributed by atoms with Gasteiger partial charge in [0.05, 0.1) is 0 Å². The number of allylic oxidation sites excluding steroid dienone is 1. The topological polar surface area (TPSA) is 35.5 Å². The predicted octanol–water partition coefficient (Wildman–Crippen LogP) is 3.79. The van der Waals surface area contributed by atoms with Crippen molar-refractivity contribution >= 4 is 14.5 Å². The molecule has 0 aromatic heterocycles. The molecule has 3 nitrogen and oxygen atoms in total. The molecule has 0 aliphatic carbocycles. The van der Waals surface area contributed by atoms with Gasteiger partial charge >= 0.3 is 14.5 Å². The summed E-state index contributed by atoms with van der Waals surface area (Å²) in [4.78, 5) is 11.5. The first-order valence-corrected chi connectivity index (χ1v) is 8.86. The average Bonchev–Trinajstić information content (AvgIpc) is 2.33. The van der Waals surface area contributed by atoms with Gasteiger partial charge < -0.3 is 8.85 Å². The van der Waals surface area contributed by atoms with E-state index in [0.717, 1.165) is 18.5 Å². The SMILES string of the molecule is CC=CC(=O)O[Si](CC)(CC)OCCCCC. The van der Waals surface area contributed by atoms with Crippen LogP contribution in [0.5, 0.6) is 0 Å². The van der Waals surface area contributed by atoms with Gasteiger partial charge in [-0.1, -0.05) is 39.7 Å². The van der Waals surface area contributed by atoms with Crippen LogP contribution < -0.4 is 0 Å². The van der Waals surface area contributed by atoms with Crippen molar-refractivity contribution in [2.45, 2.75) is 59.0 Å². The molecule has 0 spiro atoms. The zero-order valence-corrected chi connectivity index (χ0v) is 12.6. The Morgan fingerprint density at radius 3 is 2.29 bits per heavy atom. The fraction of sp³-hybridized carbons (Fsp3) is 0.769. The van der Waals surface area contributed by atoms with Crippen LogP contribution in [-0.4, -0.2) is 21.1 Å². The Labute approximate surface area is 106 Å². The monoisotopic (exact) mass is 258 g/mol. The highest BCUT2D eigenvalue weighted by Crippen LogP contribution is 2.19. The molecule has 0 N–H and O–H groups in total. The number of rotatable bonds is 9. The van der Waals surface area contributed by atoms with Crippen molar-refractivity contribution in [3.05, 3.63) is 12.2 Å². The van der Waals surface area contributed by atoms with Crippen LogP contribution in [0.2, 0.25) is 12.1 Å². The van der Waals surface area contributed by atoms with Gasteiger partial charge in [-0.3, -0.25) is 0 Å². The highest BCUT2D eigenvalue weighted by molar-refractivity contribution is 6.68. The fourth-order valence-corrected chi connectivity index (χ4v) is 3.80. The maximum absolute atomic E-state index is 11.5. The molecule has 0 saturated heterocycles. The molecule has 0 aromatic carbocycles. The third kappa shape index (κ3) is 6.63. The quantitative estimate of drug-likeness (QED) is 0.358. The van der Waals surface area contributed by atoms with Crippen molar-refractivity contribution in [1.82, 2.24) is 0 Å². The molecule has 0 fully saturated rings. The Hall–Kier alpha value is -0.613. The van der Waals surface area contributed by atoms with Crippen LogP contribution in [0.25, 0.3) is 0 Å². The van der Waals surface area contributed by atoms with E-state index in [-0.39, 0.29) is 5.97 Å². The molecule has 0 heterocycles. The van der Waals surface area contributed by atoms with Gasteiger partial charge in [-0.25, -0.2) is 4.79 Å². The molecule has 0 aliphatic rings. The molecular formula is C13H26O3Si. The van der Waals surface area contributed by atoms with Gasteiger partial charge in [0.2, 0.25) is 0 Å². The molecular weight excluding hydrogens is 232 g/mol. The summed E-state index contributed by atoms with van der Waals surface area (Å²) < 4.78 is 11.5. The summed E-state index contributed by atoms with van der Waals surface area (Å²) >= 11 is 0. The second-order valence-corrected chi connectivity index (χ2v) is 7.82. The molecule has 0 saturated carbocycles. The highest BCUT2D eigenvalue weighted by atomic mass is 28.4. The fourth-order valence-electron chi connectivity index (χ4n) is 1.59. The Bertz CT molecular complexity index is 235. The molecule has 0 aromatic rings. The van der Waals surface area contributed by atoms with Crippen molar-refractivity contribution in [3.8, 4) is 0 Å². The van der Waals surface area contributed by atoms with Crippen molar-refractivity contribution in [1.29, 1.82) is 0 Å². The van der Waals surface area contributed by atoms with Crippen LogP contribution in [0.15, 0.2) is 12.2 Å². The van der Waals surface area contributed by atoms with Crippen molar-refractivity contribution < 1.29 is 13.6 Å². The third-order valence-electron chi connectivity index (χ3n) is 2.78. The molecule has 0 amide bonds. The zero-order chi connectivity index (χ0) is 13.1. The molecule has 0 unspecified atom stereocenters. The third-order valence-corrected chi connectivity index (χ3v) is 6.24. The molecule has 0 aliphatic heterocycles. The Balaban J connectivity index is 4.29. The maximum atomic E-state index is 11.5. The van der Waals surface area contributed by atoms with E-state index >= 15 is 0 Å². The van der Waals surface area contributed by atoms with E-state index < -0.39 is 8.56 Å². The van der Waals surface area contributed by atoms with Gasteiger partial charge in [-0.15, -0.1) is 0 Å². The molecule has 100 valence electrons. The lowest BCUT2D eigenvalue weighted by Crippen LogP contribution is -2.42. The molecule has 0 rings (SSSR count). The number of carbonyl (C=O) groups is 1. The first-order chi connectivity index (χ1) is 8.14. The van der Waals surface area contributed by atoms with Crippen LogP contribution >= 0.6 is 0 Å². The smallest absolute Gasteiger partial charge is 0.401 e. The summed E-state index contributed by atoms with van der Waals surface area (Å²) in [5, 5.41) is 0. The Morgan fingerprint density at radius 2 is 1.82 bits per heavy atom. The van der Waals surface area contributed by atoms with E-state index in [1.54, 1.807) is 6.08 Å². The summed E-state index contributed by atoms with van der Waals surface area (Å²) in [6.07, 6.45) is 6.55. The van der Waals surface area contributed by atoms with E-state index in [0.29, 0.717) is 6.61 Å². The summed E-state index contributed by atoms with van der Waals surface area (Å²) in [7, 11) is -2.29. The minimum Gasteiger partial charge on any atom is -0.491 e. The second kappa shape index (κ2) is 9.42. The minimum atomic E-state index is -2.29. The number of hydrogen-bond donors (Lipinski definition) is 0. The van der Waals surface area contributed by atoms with E-state index in [4.69, 9.17) is 8.85 Å². The van der Waals surface area contributed by atoms with Gasteiger partial charge in [-0.2, -0.15) is 0 Å². The van der Waals surface area contributed by atoms with E-state index in [1.807, 2.05) is 20.8 Å². The van der Waals surface area contributed by atoms with Gasteiger partial charge in [-0.05, 0) is 25.4 Å². The highest BCUT2D eigenvalue weighted by Gasteiger charge is 2.36. The van der Waals surface area contributed by atoms with E-state index in [9.17, 15) is 4.79 Å². The molecule has 0 bridgehead atoms. The first kappa shape index (κ1) is 16.4. The van der Waals surface area contributed by atoms with Gasteiger partial charge in [0.15, 0.2) is 0 Å². The van der Waals surface area contributed by atoms with Crippen molar-refractivity contribution in [3.63, 3.8) is 0 Å². The summed E-state index contributed by atoms with van der Waals surface area (Å²) in [5.74, 6) is -0.265. The zero-order valence-electron chi connectivity index (χ0n) is 11.6. The minimum absolute atomic E-state index is 0.265. The Morgan fingerprint density at radius 1 is 1.18 bits per heavy atom. The van der Waals surface area contributed by atoms with Gasteiger partial charge in [0, 0.05) is 12.7 Å². The average molecular weight is 258 g/mol. The lowest BCUT2D eigenvalue weighted by molar-refractivity contribution is -0.131. The maximum Gasteiger partial charge on any atom is 0.401 e. The van der Waals surface area contributed by atoms with Crippen molar-refractivity contribution in [2.75, 3.05) is 6.61 Å². The summed E-state index contributed by atoms with van der Waals surface area (Å²) in [6, 6.07) is 1.64. The normalized spacial score (nSPS) is 12.0. The Kier molecular flexibility index (Phi) is 9.08. The summed E-state index contributed by atoms with van der Waals surface area (Å²) in [5.41, 5.74) is 0. The van der Waals surface area contributed by atoms with Crippen LogP contribution in [0, 0.1) is 0 Å². The summed E-state index contributed by atoms with van der Waals surface area (Å²) in [6.45, 7) is 8.77. The first-order valence-electron chi connectivity index (χ1n) is 6.63. The van der Waals surface area contributed by atoms with Crippen LogP contribution in [0.1, 0.15) is 47.0 Å². The van der Waals surface area contributed by atoms with Crippen LogP contribution in [-0.2, 0) is 13.6 Å². The number of unbranched alkanes of at least 4 members (excludes halogenated alkanes) is 2. The van der Waals surface area contributed by atoms with Crippen molar-refractivity contribution in [2.24, 2.45) is 0 Å². The lowest BCUT2D eigenvalue weighted by Gasteiger charge is -2.27. The largest absolute Gasteiger partial charge is 0.491 e. The number of carbonyl (C=O) groups excluding carboxylic acids is 1. The van der Waals surface area contributed by atoms with E-state index in [2.05, 4.69) is 6.92 Å². The lowest BCUT2D eigenvalue weighted by atomic mass is 10.3. The number of hydrogen-bond acceptors (Lipinski definition) is 3. The standard InChI is InChI=1S/C13H26O3Si/c1-5-9-10-12-15-17(7-3,8-4)16-13(14)11-6-2/h6,11H,5,7-10,12H2,1-4H3. The van der Waals surface area contributed by atoms with Crippen LogP contribution in [0.4, 0.5) is 0 Å².